The quantitative estimate of drug-likeness (QED) is 0.560. The van der Waals surface area contributed by atoms with Crippen molar-refractivity contribution >= 4 is 23.5 Å². The number of aromatic nitrogens is 3. The van der Waals surface area contributed by atoms with Crippen molar-refractivity contribution < 1.29 is 9.18 Å². The van der Waals surface area contributed by atoms with E-state index in [0.717, 1.165) is 23.3 Å². The number of halogens is 1. The third-order valence-electron chi connectivity index (χ3n) is 5.74. The summed E-state index contributed by atoms with van der Waals surface area (Å²) < 4.78 is 15.8. The van der Waals surface area contributed by atoms with Gasteiger partial charge in [-0.2, -0.15) is 4.98 Å². The number of allylic oxidation sites excluding steroid dienone is 2. The molecule has 0 saturated carbocycles. The third-order valence-corrected chi connectivity index (χ3v) is 6.63. The number of carbonyl (C=O) groups is 1. The normalized spacial score (nSPS) is 19.6. The number of benzene rings is 2. The predicted octanol–water partition coefficient (Wildman–Crippen LogP) is 5.37. The molecule has 1 aliphatic carbocycles. The van der Waals surface area contributed by atoms with Crippen LogP contribution in [0, 0.1) is 11.2 Å². The van der Waals surface area contributed by atoms with E-state index in [1.54, 1.807) is 16.8 Å². The Bertz CT molecular complexity index is 1190. The van der Waals surface area contributed by atoms with Crippen LogP contribution in [0.3, 0.4) is 0 Å². The summed E-state index contributed by atoms with van der Waals surface area (Å²) in [6, 6.07) is 16.4. The second-order valence-corrected chi connectivity index (χ2v) is 9.76. The number of rotatable bonds is 4. The Balaban J connectivity index is 1.52. The molecular weight excluding hydrogens is 411 g/mol. The van der Waals surface area contributed by atoms with E-state index in [2.05, 4.69) is 24.1 Å². The molecular formula is C24H23FN4OS. The fourth-order valence-electron chi connectivity index (χ4n) is 4.35. The Kier molecular flexibility index (Phi) is 4.93. The van der Waals surface area contributed by atoms with Crippen molar-refractivity contribution in [1.29, 1.82) is 0 Å². The summed E-state index contributed by atoms with van der Waals surface area (Å²) in [6.07, 6.45) is 1.29. The number of anilines is 1. The molecule has 0 fully saturated rings. The molecule has 158 valence electrons. The van der Waals surface area contributed by atoms with E-state index < -0.39 is 0 Å². The minimum absolute atomic E-state index is 0.102. The third kappa shape index (κ3) is 3.78. The standard InChI is InChI=1S/C24H23FN4OS/c1-24(2)12-18-20(19(30)13-24)21(15-8-4-3-5-9-15)29-22(26-18)27-23(28-29)31-14-16-10-6-7-11-17(16)25/h3-11,21H,12-14H2,1-2H3,(H,26,27,28)/t21-/m0/s1. The highest BCUT2D eigenvalue weighted by atomic mass is 32.2. The van der Waals surface area contributed by atoms with E-state index in [9.17, 15) is 9.18 Å². The Morgan fingerprint density at radius 3 is 2.65 bits per heavy atom. The summed E-state index contributed by atoms with van der Waals surface area (Å²) in [5.74, 6) is 0.971. The second kappa shape index (κ2) is 7.64. The van der Waals surface area contributed by atoms with Crippen LogP contribution in [0.25, 0.3) is 0 Å². The lowest BCUT2D eigenvalue weighted by molar-refractivity contribution is -0.118. The maximum Gasteiger partial charge on any atom is 0.227 e. The summed E-state index contributed by atoms with van der Waals surface area (Å²) in [6.45, 7) is 4.23. The van der Waals surface area contributed by atoms with Crippen molar-refractivity contribution in [1.82, 2.24) is 14.8 Å². The molecule has 7 heteroatoms. The molecule has 5 rings (SSSR count). The number of fused-ring (bicyclic) bond motifs is 1. The summed E-state index contributed by atoms with van der Waals surface area (Å²) in [4.78, 5) is 17.9. The molecule has 1 aliphatic heterocycles. The predicted molar refractivity (Wildman–Crippen MR) is 119 cm³/mol. The first-order valence-corrected chi connectivity index (χ1v) is 11.3. The van der Waals surface area contributed by atoms with Crippen molar-refractivity contribution in [3.63, 3.8) is 0 Å². The average molecular weight is 435 g/mol. The minimum Gasteiger partial charge on any atom is -0.328 e. The molecule has 0 radical (unpaired) electrons. The maximum absolute atomic E-state index is 14.0. The highest BCUT2D eigenvalue weighted by Crippen LogP contribution is 2.45. The fraction of sp³-hybridized carbons (Fsp3) is 0.292. The zero-order valence-electron chi connectivity index (χ0n) is 17.4. The number of nitrogens with zero attached hydrogens (tertiary/aromatic N) is 3. The van der Waals surface area contributed by atoms with Crippen LogP contribution in [-0.4, -0.2) is 20.5 Å². The molecule has 0 bridgehead atoms. The zero-order valence-corrected chi connectivity index (χ0v) is 18.2. The molecule has 1 atom stereocenters. The van der Waals surface area contributed by atoms with Gasteiger partial charge in [-0.25, -0.2) is 9.07 Å². The van der Waals surface area contributed by atoms with E-state index in [1.165, 1.54) is 17.8 Å². The van der Waals surface area contributed by atoms with Gasteiger partial charge in [-0.3, -0.25) is 4.79 Å². The first-order valence-electron chi connectivity index (χ1n) is 10.3. The maximum atomic E-state index is 14.0. The van der Waals surface area contributed by atoms with Crippen molar-refractivity contribution in [3.8, 4) is 0 Å². The number of carbonyl (C=O) groups excluding carboxylic acids is 1. The molecule has 2 heterocycles. The average Bonchev–Trinajstić information content (AvgIpc) is 3.14. The van der Waals surface area contributed by atoms with E-state index in [4.69, 9.17) is 5.10 Å². The van der Waals surface area contributed by atoms with Gasteiger partial charge in [0.2, 0.25) is 11.1 Å². The topological polar surface area (TPSA) is 59.8 Å². The van der Waals surface area contributed by atoms with Crippen LogP contribution >= 0.6 is 11.8 Å². The molecule has 31 heavy (non-hydrogen) atoms. The lowest BCUT2D eigenvalue weighted by Gasteiger charge is -2.38. The van der Waals surface area contributed by atoms with Crippen molar-refractivity contribution in [3.05, 3.63) is 82.8 Å². The van der Waals surface area contributed by atoms with Gasteiger partial charge in [0, 0.05) is 23.4 Å². The number of Topliss-reactive ketones (excluding diaryl/α,β-unsaturated/α-hetero) is 1. The highest BCUT2D eigenvalue weighted by Gasteiger charge is 2.41. The first kappa shape index (κ1) is 20.0. The van der Waals surface area contributed by atoms with E-state index in [1.807, 2.05) is 36.4 Å². The number of hydrogen-bond acceptors (Lipinski definition) is 5. The van der Waals surface area contributed by atoms with Gasteiger partial charge >= 0.3 is 0 Å². The van der Waals surface area contributed by atoms with Crippen LogP contribution in [-0.2, 0) is 10.5 Å². The summed E-state index contributed by atoms with van der Waals surface area (Å²) >= 11 is 1.39. The van der Waals surface area contributed by atoms with Gasteiger partial charge in [-0.05, 0) is 29.0 Å². The van der Waals surface area contributed by atoms with E-state index >= 15 is 0 Å². The Morgan fingerprint density at radius 1 is 1.13 bits per heavy atom. The number of hydrogen-bond donors (Lipinski definition) is 1. The van der Waals surface area contributed by atoms with Gasteiger partial charge in [0.1, 0.15) is 11.9 Å². The van der Waals surface area contributed by atoms with Crippen molar-refractivity contribution in [2.24, 2.45) is 5.41 Å². The molecule has 0 spiro atoms. The molecule has 0 amide bonds. The summed E-state index contributed by atoms with van der Waals surface area (Å²) in [5, 5.41) is 8.64. The summed E-state index contributed by atoms with van der Waals surface area (Å²) in [7, 11) is 0. The molecule has 2 aliphatic rings. The number of ketones is 1. The van der Waals surface area contributed by atoms with Crippen LogP contribution < -0.4 is 5.32 Å². The molecule has 0 saturated heterocycles. The van der Waals surface area contributed by atoms with Crippen LogP contribution in [0.2, 0.25) is 0 Å². The SMILES string of the molecule is CC1(C)CC(=O)C2=C(C1)Nc1nc(SCc3ccccc3F)nn1[C@H]2c1ccccc1. The monoisotopic (exact) mass is 434 g/mol. The largest absolute Gasteiger partial charge is 0.328 e. The van der Waals surface area contributed by atoms with E-state index in [-0.39, 0.29) is 23.1 Å². The fourth-order valence-corrected chi connectivity index (χ4v) is 5.17. The molecule has 1 aromatic heterocycles. The Labute approximate surface area is 184 Å². The lowest BCUT2D eigenvalue weighted by atomic mass is 9.73. The molecule has 5 nitrogen and oxygen atoms in total. The van der Waals surface area contributed by atoms with Crippen molar-refractivity contribution in [2.45, 2.75) is 43.6 Å². The zero-order chi connectivity index (χ0) is 21.6. The van der Waals surface area contributed by atoms with Gasteiger partial charge in [-0.15, -0.1) is 5.10 Å². The number of thioether (sulfide) groups is 1. The Morgan fingerprint density at radius 2 is 1.87 bits per heavy atom. The summed E-state index contributed by atoms with van der Waals surface area (Å²) in [5.41, 5.74) is 3.21. The van der Waals surface area contributed by atoms with Gasteiger partial charge in [0.25, 0.3) is 0 Å². The molecule has 0 unspecified atom stereocenters. The second-order valence-electron chi connectivity index (χ2n) is 8.81. The minimum atomic E-state index is -0.314. The first-order chi connectivity index (χ1) is 14.9. The van der Waals surface area contributed by atoms with Crippen LogP contribution in [0.1, 0.15) is 43.9 Å². The van der Waals surface area contributed by atoms with E-state index in [0.29, 0.717) is 28.8 Å². The smallest absolute Gasteiger partial charge is 0.227 e. The Hall–Kier alpha value is -2.93. The van der Waals surface area contributed by atoms with Gasteiger partial charge in [-0.1, -0.05) is 74.1 Å². The molecule has 1 N–H and O–H groups in total. The lowest BCUT2D eigenvalue weighted by Crippen LogP contribution is -2.36. The van der Waals surface area contributed by atoms with Crippen LogP contribution in [0.4, 0.5) is 10.3 Å². The van der Waals surface area contributed by atoms with Gasteiger partial charge < -0.3 is 5.32 Å². The highest BCUT2D eigenvalue weighted by molar-refractivity contribution is 7.98. The van der Waals surface area contributed by atoms with Gasteiger partial charge in [0.05, 0.1) is 0 Å². The number of nitrogens with one attached hydrogen (secondary N) is 1. The van der Waals surface area contributed by atoms with Gasteiger partial charge in [0.15, 0.2) is 5.78 Å². The molecule has 3 aromatic rings. The molecule has 2 aromatic carbocycles. The van der Waals surface area contributed by atoms with Crippen LogP contribution in [0.15, 0.2) is 71.0 Å². The van der Waals surface area contributed by atoms with Crippen molar-refractivity contribution in [2.75, 3.05) is 5.32 Å². The van der Waals surface area contributed by atoms with Crippen LogP contribution in [0.5, 0.6) is 0 Å².